The smallest absolute Gasteiger partial charge is 0.314 e. The highest BCUT2D eigenvalue weighted by Gasteiger charge is 2.35. The normalized spacial score (nSPS) is 26.9. The van der Waals surface area contributed by atoms with Gasteiger partial charge in [0.25, 0.3) is 0 Å². The van der Waals surface area contributed by atoms with Crippen LogP contribution in [0.4, 0.5) is 0 Å². The molecule has 1 fully saturated rings. The monoisotopic (exact) mass is 278 g/mol. The Morgan fingerprint density at radius 1 is 1.25 bits per heavy atom. The molecule has 0 spiro atoms. The maximum absolute atomic E-state index is 11.3. The molecule has 6 nitrogen and oxygen atoms in total. The molecule has 20 heavy (non-hydrogen) atoms. The second-order valence-corrected chi connectivity index (χ2v) is 6.18. The van der Waals surface area contributed by atoms with Crippen LogP contribution in [0, 0.1) is 0 Å². The molecule has 2 atom stereocenters. The Kier molecular flexibility index (Phi) is 3.50. The van der Waals surface area contributed by atoms with Gasteiger partial charge in [-0.15, -0.1) is 10.2 Å². The number of rotatable bonds is 3. The van der Waals surface area contributed by atoms with Crippen molar-refractivity contribution < 1.29 is 9.90 Å². The first-order chi connectivity index (χ1) is 9.58. The van der Waals surface area contributed by atoms with Crippen LogP contribution < -0.4 is 0 Å². The third-order valence-electron chi connectivity index (χ3n) is 4.61. The number of hydrogen-bond acceptors (Lipinski definition) is 4. The highest BCUT2D eigenvalue weighted by molar-refractivity contribution is 5.75. The number of fused-ring (bicyclic) bond motifs is 1. The van der Waals surface area contributed by atoms with Gasteiger partial charge in [0.05, 0.1) is 0 Å². The lowest BCUT2D eigenvalue weighted by atomic mass is 9.98. The van der Waals surface area contributed by atoms with Gasteiger partial charge in [-0.05, 0) is 39.7 Å². The number of nitrogens with zero attached hydrogens (tertiary/aromatic N) is 4. The minimum Gasteiger partial charge on any atom is -0.481 e. The number of carboxylic acid groups (broad SMARTS) is 1. The second-order valence-electron chi connectivity index (χ2n) is 6.18. The van der Waals surface area contributed by atoms with Crippen molar-refractivity contribution in [1.29, 1.82) is 0 Å². The Morgan fingerprint density at radius 3 is 2.65 bits per heavy atom. The van der Waals surface area contributed by atoms with Crippen LogP contribution in [0.5, 0.6) is 0 Å². The largest absolute Gasteiger partial charge is 0.481 e. The van der Waals surface area contributed by atoms with Gasteiger partial charge in [-0.25, -0.2) is 0 Å². The average molecular weight is 278 g/mol. The molecule has 1 aromatic rings. The summed E-state index contributed by atoms with van der Waals surface area (Å²) in [5.41, 5.74) is 0. The van der Waals surface area contributed by atoms with Gasteiger partial charge in [0.15, 0.2) is 0 Å². The summed E-state index contributed by atoms with van der Waals surface area (Å²) in [7, 11) is 0. The van der Waals surface area contributed by atoms with Gasteiger partial charge >= 0.3 is 5.97 Å². The number of aromatic nitrogens is 3. The zero-order valence-corrected chi connectivity index (χ0v) is 12.1. The van der Waals surface area contributed by atoms with Gasteiger partial charge in [0.1, 0.15) is 17.6 Å². The Balaban J connectivity index is 1.84. The van der Waals surface area contributed by atoms with Crippen molar-refractivity contribution in [2.75, 3.05) is 13.1 Å². The summed E-state index contributed by atoms with van der Waals surface area (Å²) in [6, 6.07) is 0.551. The molecule has 3 heterocycles. The van der Waals surface area contributed by atoms with E-state index in [0.717, 1.165) is 38.3 Å². The number of carboxylic acids is 1. The third-order valence-corrected chi connectivity index (χ3v) is 4.61. The van der Waals surface area contributed by atoms with E-state index < -0.39 is 11.9 Å². The van der Waals surface area contributed by atoms with E-state index in [4.69, 9.17) is 0 Å². The van der Waals surface area contributed by atoms with E-state index in [1.165, 1.54) is 0 Å². The fourth-order valence-corrected chi connectivity index (χ4v) is 3.40. The van der Waals surface area contributed by atoms with E-state index in [9.17, 15) is 9.90 Å². The van der Waals surface area contributed by atoms with Gasteiger partial charge in [0.2, 0.25) is 0 Å². The Labute approximate surface area is 118 Å². The minimum atomic E-state index is -0.778. The molecule has 0 aromatic carbocycles. The summed E-state index contributed by atoms with van der Waals surface area (Å²) < 4.78 is 2.07. The van der Waals surface area contributed by atoms with Crippen LogP contribution in [0.3, 0.4) is 0 Å². The third kappa shape index (κ3) is 2.22. The van der Waals surface area contributed by atoms with E-state index in [0.29, 0.717) is 24.2 Å². The predicted octanol–water partition coefficient (Wildman–Crippen LogP) is 1.44. The fraction of sp³-hybridized carbons (Fsp3) is 0.786. The summed E-state index contributed by atoms with van der Waals surface area (Å²) in [6.07, 6.45) is 2.67. The van der Waals surface area contributed by atoms with E-state index in [1.54, 1.807) is 0 Å². The summed E-state index contributed by atoms with van der Waals surface area (Å²) in [4.78, 5) is 13.7. The SMILES string of the molecule is CC(C)N1CCC(c2nnc3n2CCCC3C(=O)O)C1. The van der Waals surface area contributed by atoms with Crippen LogP contribution in [0.25, 0.3) is 0 Å². The molecular weight excluding hydrogens is 256 g/mol. The maximum atomic E-state index is 11.3. The van der Waals surface area contributed by atoms with Crippen molar-refractivity contribution in [2.24, 2.45) is 0 Å². The highest BCUT2D eigenvalue weighted by atomic mass is 16.4. The van der Waals surface area contributed by atoms with Crippen LogP contribution in [-0.2, 0) is 11.3 Å². The lowest BCUT2D eigenvalue weighted by molar-refractivity contribution is -0.139. The molecule has 0 amide bonds. The molecule has 1 aromatic heterocycles. The molecule has 110 valence electrons. The zero-order valence-electron chi connectivity index (χ0n) is 12.1. The maximum Gasteiger partial charge on any atom is 0.314 e. The van der Waals surface area contributed by atoms with Crippen LogP contribution in [0.2, 0.25) is 0 Å². The molecule has 0 saturated carbocycles. The molecule has 2 aliphatic heterocycles. The van der Waals surface area contributed by atoms with E-state index in [-0.39, 0.29) is 0 Å². The van der Waals surface area contributed by atoms with Crippen LogP contribution in [0.15, 0.2) is 0 Å². The zero-order chi connectivity index (χ0) is 14.3. The lowest BCUT2D eigenvalue weighted by Gasteiger charge is -2.23. The molecule has 2 aliphatic rings. The molecule has 1 saturated heterocycles. The first kappa shape index (κ1) is 13.5. The van der Waals surface area contributed by atoms with Crippen molar-refractivity contribution in [2.45, 2.75) is 57.5 Å². The Bertz CT molecular complexity index is 511. The molecule has 2 unspecified atom stereocenters. The standard InChI is InChI=1S/C14H22N4O2/c1-9(2)17-7-5-10(8-17)12-15-16-13-11(14(19)20)4-3-6-18(12)13/h9-11H,3-8H2,1-2H3,(H,19,20). The average Bonchev–Trinajstić information content (AvgIpc) is 3.03. The van der Waals surface area contributed by atoms with Gasteiger partial charge in [0, 0.05) is 25.0 Å². The van der Waals surface area contributed by atoms with Gasteiger partial charge < -0.3 is 14.6 Å². The van der Waals surface area contributed by atoms with Gasteiger partial charge in [-0.2, -0.15) is 0 Å². The molecule has 3 rings (SSSR count). The summed E-state index contributed by atoms with van der Waals surface area (Å²) in [5, 5.41) is 17.8. The number of likely N-dealkylation sites (tertiary alicyclic amines) is 1. The molecule has 0 aliphatic carbocycles. The quantitative estimate of drug-likeness (QED) is 0.906. The lowest BCUT2D eigenvalue weighted by Crippen LogP contribution is -2.28. The Hall–Kier alpha value is -1.43. The van der Waals surface area contributed by atoms with E-state index in [1.807, 2.05) is 0 Å². The van der Waals surface area contributed by atoms with Crippen LogP contribution >= 0.6 is 0 Å². The topological polar surface area (TPSA) is 71.2 Å². The molecule has 6 heteroatoms. The summed E-state index contributed by atoms with van der Waals surface area (Å²) in [6.45, 7) is 7.38. The fourth-order valence-electron chi connectivity index (χ4n) is 3.40. The molecule has 1 N–H and O–H groups in total. The van der Waals surface area contributed by atoms with E-state index in [2.05, 4.69) is 33.5 Å². The van der Waals surface area contributed by atoms with Crippen LogP contribution in [-0.4, -0.2) is 49.9 Å². The highest BCUT2D eigenvalue weighted by Crippen LogP contribution is 2.32. The van der Waals surface area contributed by atoms with Crippen molar-refractivity contribution in [3.8, 4) is 0 Å². The number of aliphatic carboxylic acids is 1. The number of carbonyl (C=O) groups is 1. The molecular formula is C14H22N4O2. The number of hydrogen-bond donors (Lipinski definition) is 1. The molecule has 0 bridgehead atoms. The minimum absolute atomic E-state index is 0.395. The molecule has 0 radical (unpaired) electrons. The van der Waals surface area contributed by atoms with Gasteiger partial charge in [-0.1, -0.05) is 0 Å². The van der Waals surface area contributed by atoms with Crippen molar-refractivity contribution >= 4 is 5.97 Å². The first-order valence-corrected chi connectivity index (χ1v) is 7.47. The van der Waals surface area contributed by atoms with Crippen molar-refractivity contribution in [3.05, 3.63) is 11.6 Å². The van der Waals surface area contributed by atoms with Crippen molar-refractivity contribution in [1.82, 2.24) is 19.7 Å². The second kappa shape index (κ2) is 5.16. The Morgan fingerprint density at radius 2 is 2.00 bits per heavy atom. The van der Waals surface area contributed by atoms with Crippen LogP contribution in [0.1, 0.15) is 56.6 Å². The van der Waals surface area contributed by atoms with Gasteiger partial charge in [-0.3, -0.25) is 4.79 Å². The van der Waals surface area contributed by atoms with E-state index >= 15 is 0 Å². The summed E-state index contributed by atoms with van der Waals surface area (Å²) >= 11 is 0. The van der Waals surface area contributed by atoms with Crippen molar-refractivity contribution in [3.63, 3.8) is 0 Å². The predicted molar refractivity (Wildman–Crippen MR) is 73.7 cm³/mol. The first-order valence-electron chi connectivity index (χ1n) is 7.47. The summed E-state index contributed by atoms with van der Waals surface area (Å²) in [5.74, 6) is 0.787.